The van der Waals surface area contributed by atoms with Crippen molar-refractivity contribution in [3.8, 4) is 5.75 Å². The van der Waals surface area contributed by atoms with E-state index in [9.17, 15) is 13.2 Å². The summed E-state index contributed by atoms with van der Waals surface area (Å²) in [7, 11) is -3.70. The van der Waals surface area contributed by atoms with Crippen LogP contribution in [-0.4, -0.2) is 43.3 Å². The fourth-order valence-corrected chi connectivity index (χ4v) is 6.62. The van der Waals surface area contributed by atoms with Crippen LogP contribution in [0.15, 0.2) is 41.3 Å². The zero-order valence-electron chi connectivity index (χ0n) is 18.8. The number of nitrogens with zero attached hydrogens (tertiary/aromatic N) is 1. The van der Waals surface area contributed by atoms with Crippen LogP contribution in [0.25, 0.3) is 10.9 Å². The molecule has 0 radical (unpaired) electrons. The average molecular weight is 468 g/mol. The predicted molar refractivity (Wildman–Crippen MR) is 128 cm³/mol. The highest BCUT2D eigenvalue weighted by Gasteiger charge is 2.30. The third kappa shape index (κ3) is 4.02. The van der Waals surface area contributed by atoms with E-state index in [-0.39, 0.29) is 10.8 Å². The maximum Gasteiger partial charge on any atom is 0.257 e. The van der Waals surface area contributed by atoms with Crippen molar-refractivity contribution in [1.29, 1.82) is 0 Å². The number of hydrogen-bond donors (Lipinski definition) is 2. The highest BCUT2D eigenvalue weighted by molar-refractivity contribution is 7.89. The van der Waals surface area contributed by atoms with Gasteiger partial charge in [0.2, 0.25) is 10.0 Å². The van der Waals surface area contributed by atoms with Crippen molar-refractivity contribution < 1.29 is 17.9 Å². The number of para-hydroxylation sites is 1. The number of ether oxygens (including phenoxy) is 1. The van der Waals surface area contributed by atoms with Crippen LogP contribution in [-0.2, 0) is 22.9 Å². The molecule has 8 heteroatoms. The molecule has 3 aromatic rings. The molecule has 5 rings (SSSR count). The summed E-state index contributed by atoms with van der Waals surface area (Å²) in [5, 5.41) is 4.00. The zero-order valence-corrected chi connectivity index (χ0v) is 19.6. The van der Waals surface area contributed by atoms with Crippen LogP contribution >= 0.6 is 0 Å². The molecular weight excluding hydrogens is 438 g/mol. The van der Waals surface area contributed by atoms with E-state index in [1.807, 2.05) is 13.0 Å². The van der Waals surface area contributed by atoms with E-state index in [1.165, 1.54) is 21.6 Å². The van der Waals surface area contributed by atoms with Gasteiger partial charge in [0, 0.05) is 29.9 Å². The summed E-state index contributed by atoms with van der Waals surface area (Å²) >= 11 is 0. The summed E-state index contributed by atoms with van der Waals surface area (Å²) < 4.78 is 33.6. The SMILES string of the molecule is CCOc1ccc(NC(=O)c2cccc3c4c([nH]c23)CCCC4)cc1S(=O)(=O)N1CCCC1. The monoisotopic (exact) mass is 467 g/mol. The Bertz CT molecular complexity index is 1310. The topological polar surface area (TPSA) is 91.5 Å². The van der Waals surface area contributed by atoms with Crippen LogP contribution in [0.4, 0.5) is 5.69 Å². The molecule has 0 unspecified atom stereocenters. The largest absolute Gasteiger partial charge is 0.492 e. The second-order valence-electron chi connectivity index (χ2n) is 8.68. The van der Waals surface area contributed by atoms with E-state index in [2.05, 4.69) is 16.4 Å². The van der Waals surface area contributed by atoms with Crippen molar-refractivity contribution in [3.63, 3.8) is 0 Å². The van der Waals surface area contributed by atoms with Crippen molar-refractivity contribution in [2.75, 3.05) is 25.0 Å². The first-order valence-corrected chi connectivity index (χ1v) is 13.1. The van der Waals surface area contributed by atoms with Crippen LogP contribution in [0, 0.1) is 0 Å². The smallest absolute Gasteiger partial charge is 0.257 e. The molecule has 1 aromatic heterocycles. The minimum atomic E-state index is -3.70. The van der Waals surface area contributed by atoms with E-state index < -0.39 is 10.0 Å². The summed E-state index contributed by atoms with van der Waals surface area (Å²) in [6, 6.07) is 10.6. The minimum Gasteiger partial charge on any atom is -0.492 e. The lowest BCUT2D eigenvalue weighted by atomic mass is 9.95. The van der Waals surface area contributed by atoms with Crippen molar-refractivity contribution in [2.45, 2.75) is 50.3 Å². The van der Waals surface area contributed by atoms with Crippen molar-refractivity contribution in [2.24, 2.45) is 0 Å². The molecule has 33 heavy (non-hydrogen) atoms. The normalized spacial score (nSPS) is 16.6. The van der Waals surface area contributed by atoms with Gasteiger partial charge >= 0.3 is 0 Å². The fraction of sp³-hybridized carbons (Fsp3) is 0.400. The molecule has 0 bridgehead atoms. The Balaban J connectivity index is 1.48. The molecule has 0 atom stereocenters. The number of carbonyl (C=O) groups excluding carboxylic acids is 1. The lowest BCUT2D eigenvalue weighted by Gasteiger charge is -2.19. The number of anilines is 1. The number of carbonyl (C=O) groups is 1. The molecular formula is C25H29N3O4S. The van der Waals surface area contributed by atoms with Crippen LogP contribution in [0.5, 0.6) is 5.75 Å². The maximum atomic E-state index is 13.3. The molecule has 1 aliphatic carbocycles. The van der Waals surface area contributed by atoms with E-state index in [1.54, 1.807) is 18.2 Å². The standard InChI is InChI=1S/C25H29N3O4S/c1-2-32-22-13-12-17(16-23(22)33(30,31)28-14-5-6-15-28)26-25(29)20-10-7-9-19-18-8-3-4-11-21(18)27-24(19)20/h7,9-10,12-13,16,27H,2-6,8,11,14-15H2,1H3,(H,26,29). The lowest BCUT2D eigenvalue weighted by molar-refractivity contribution is 0.102. The number of amides is 1. The molecule has 7 nitrogen and oxygen atoms in total. The Morgan fingerprint density at radius 3 is 2.67 bits per heavy atom. The molecule has 1 amide bonds. The Hall–Kier alpha value is -2.84. The molecule has 2 aromatic carbocycles. The summed E-state index contributed by atoms with van der Waals surface area (Å²) in [4.78, 5) is 16.8. The van der Waals surface area contributed by atoms with Crippen molar-refractivity contribution >= 4 is 32.5 Å². The number of rotatable bonds is 6. The van der Waals surface area contributed by atoms with Gasteiger partial charge in [-0.2, -0.15) is 4.31 Å². The van der Waals surface area contributed by atoms with E-state index in [0.717, 1.165) is 49.4 Å². The highest BCUT2D eigenvalue weighted by Crippen LogP contribution is 2.33. The molecule has 0 spiro atoms. The Morgan fingerprint density at radius 1 is 1.09 bits per heavy atom. The molecule has 2 aliphatic rings. The first kappa shape index (κ1) is 22.0. The van der Waals surface area contributed by atoms with Gasteiger partial charge in [0.1, 0.15) is 10.6 Å². The number of hydrogen-bond acceptors (Lipinski definition) is 4. The number of H-pyrrole nitrogens is 1. The zero-order chi connectivity index (χ0) is 23.0. The van der Waals surface area contributed by atoms with Gasteiger partial charge in [0.25, 0.3) is 5.91 Å². The molecule has 0 saturated carbocycles. The lowest BCUT2D eigenvalue weighted by Crippen LogP contribution is -2.28. The third-order valence-corrected chi connectivity index (χ3v) is 8.48. The maximum absolute atomic E-state index is 13.3. The summed E-state index contributed by atoms with van der Waals surface area (Å²) in [6.45, 7) is 3.18. The molecule has 1 fully saturated rings. The molecule has 2 heterocycles. The van der Waals surface area contributed by atoms with Gasteiger partial charge in [-0.3, -0.25) is 4.79 Å². The van der Waals surface area contributed by atoms with E-state index >= 15 is 0 Å². The minimum absolute atomic E-state index is 0.0950. The Morgan fingerprint density at radius 2 is 1.88 bits per heavy atom. The first-order chi connectivity index (χ1) is 16.0. The van der Waals surface area contributed by atoms with Crippen LogP contribution in [0.2, 0.25) is 0 Å². The molecule has 174 valence electrons. The molecule has 1 saturated heterocycles. The van der Waals surface area contributed by atoms with Gasteiger partial charge < -0.3 is 15.0 Å². The van der Waals surface area contributed by atoms with Crippen LogP contribution < -0.4 is 10.1 Å². The van der Waals surface area contributed by atoms with Crippen LogP contribution in [0.1, 0.15) is 54.2 Å². The quantitative estimate of drug-likeness (QED) is 0.559. The number of aromatic nitrogens is 1. The number of nitrogens with one attached hydrogen (secondary N) is 2. The molecule has 2 N–H and O–H groups in total. The number of sulfonamides is 1. The van der Waals surface area contributed by atoms with Gasteiger partial charge in [-0.25, -0.2) is 8.42 Å². The molecule has 1 aliphatic heterocycles. The van der Waals surface area contributed by atoms with E-state index in [4.69, 9.17) is 4.74 Å². The fourth-order valence-electron chi connectivity index (χ4n) is 4.95. The summed E-state index contributed by atoms with van der Waals surface area (Å²) in [5.41, 5.74) is 4.36. The van der Waals surface area contributed by atoms with E-state index in [0.29, 0.717) is 36.7 Å². The third-order valence-electron chi connectivity index (χ3n) is 6.56. The Kier molecular flexibility index (Phi) is 5.88. The second-order valence-corrected chi connectivity index (χ2v) is 10.6. The summed E-state index contributed by atoms with van der Waals surface area (Å²) in [6.07, 6.45) is 6.05. The predicted octanol–water partition coefficient (Wildman–Crippen LogP) is 4.48. The number of fused-ring (bicyclic) bond motifs is 3. The van der Waals surface area contributed by atoms with Gasteiger partial charge in [0.05, 0.1) is 17.7 Å². The van der Waals surface area contributed by atoms with Gasteiger partial charge in [0.15, 0.2) is 0 Å². The van der Waals surface area contributed by atoms with Gasteiger partial charge in [-0.1, -0.05) is 12.1 Å². The number of aryl methyl sites for hydroxylation is 2. The first-order valence-electron chi connectivity index (χ1n) is 11.7. The second kappa shape index (κ2) is 8.83. The highest BCUT2D eigenvalue weighted by atomic mass is 32.2. The summed E-state index contributed by atoms with van der Waals surface area (Å²) in [5.74, 6) is 0.0365. The average Bonchev–Trinajstić information content (AvgIpc) is 3.48. The van der Waals surface area contributed by atoms with Crippen molar-refractivity contribution in [1.82, 2.24) is 9.29 Å². The number of aromatic amines is 1. The van der Waals surface area contributed by atoms with Crippen LogP contribution in [0.3, 0.4) is 0 Å². The number of benzene rings is 2. The van der Waals surface area contributed by atoms with Gasteiger partial charge in [-0.15, -0.1) is 0 Å². The van der Waals surface area contributed by atoms with Gasteiger partial charge in [-0.05, 0) is 75.3 Å². The Labute approximate surface area is 194 Å². The van der Waals surface area contributed by atoms with Crippen molar-refractivity contribution in [3.05, 3.63) is 53.2 Å².